The molecule has 0 spiro atoms. The van der Waals surface area contributed by atoms with Gasteiger partial charge < -0.3 is 10.1 Å². The Morgan fingerprint density at radius 3 is 2.63 bits per heavy atom. The highest BCUT2D eigenvalue weighted by atomic mass is 35.5. The molecule has 0 aromatic heterocycles. The van der Waals surface area contributed by atoms with Crippen LogP contribution in [0.4, 0.5) is 0 Å². The summed E-state index contributed by atoms with van der Waals surface area (Å²) < 4.78 is 5.84. The zero-order valence-corrected chi connectivity index (χ0v) is 13.0. The van der Waals surface area contributed by atoms with Crippen molar-refractivity contribution in [3.63, 3.8) is 0 Å². The Bertz CT molecular complexity index is 255. The van der Waals surface area contributed by atoms with Gasteiger partial charge in [-0.2, -0.15) is 0 Å². The fraction of sp³-hybridized carbons (Fsp3) is 0.923. The van der Waals surface area contributed by atoms with Crippen LogP contribution in [0.5, 0.6) is 0 Å². The Morgan fingerprint density at radius 2 is 2.00 bits per heavy atom. The second-order valence-corrected chi connectivity index (χ2v) is 6.08. The lowest BCUT2D eigenvalue weighted by Crippen LogP contribution is -2.43. The number of carbonyl (C=O) groups excluding carboxylic acids is 1. The minimum absolute atomic E-state index is 0. The van der Waals surface area contributed by atoms with Gasteiger partial charge >= 0.3 is 0 Å². The van der Waals surface area contributed by atoms with Crippen molar-refractivity contribution < 1.29 is 9.53 Å². The maximum absolute atomic E-state index is 11.7. The molecule has 2 N–H and O–H groups in total. The van der Waals surface area contributed by atoms with Gasteiger partial charge in [0.25, 0.3) is 0 Å². The third-order valence-electron chi connectivity index (χ3n) is 3.59. The molecule has 1 atom stereocenters. The SMILES string of the molecule is Cl.O=C(NCCOC1CCCCCC1)C1CSCN1. The van der Waals surface area contributed by atoms with Crippen molar-refractivity contribution in [3.8, 4) is 0 Å². The van der Waals surface area contributed by atoms with Crippen LogP contribution >= 0.6 is 24.2 Å². The molecule has 1 unspecified atom stereocenters. The molecular weight excluding hydrogens is 284 g/mol. The van der Waals surface area contributed by atoms with Crippen LogP contribution in [0.3, 0.4) is 0 Å². The standard InChI is InChI=1S/C13H24N2O2S.ClH/c16-13(12-9-18-10-15-12)14-7-8-17-11-5-3-1-2-4-6-11;/h11-12,15H,1-10H2,(H,14,16);1H. The van der Waals surface area contributed by atoms with E-state index in [9.17, 15) is 4.79 Å². The fourth-order valence-electron chi connectivity index (χ4n) is 2.50. The van der Waals surface area contributed by atoms with E-state index >= 15 is 0 Å². The van der Waals surface area contributed by atoms with Crippen molar-refractivity contribution >= 4 is 30.1 Å². The van der Waals surface area contributed by atoms with Crippen LogP contribution in [0.25, 0.3) is 0 Å². The Hall–Kier alpha value is 0.0300. The highest BCUT2D eigenvalue weighted by Gasteiger charge is 2.21. The summed E-state index contributed by atoms with van der Waals surface area (Å²) in [6.45, 7) is 1.29. The summed E-state index contributed by atoms with van der Waals surface area (Å²) in [5.41, 5.74) is 0. The van der Waals surface area contributed by atoms with Crippen LogP contribution in [0, 0.1) is 0 Å². The Morgan fingerprint density at radius 1 is 1.26 bits per heavy atom. The predicted octanol–water partition coefficient (Wildman–Crippen LogP) is 1.93. The molecule has 2 aliphatic rings. The van der Waals surface area contributed by atoms with Crippen LogP contribution < -0.4 is 10.6 Å². The van der Waals surface area contributed by atoms with Crippen LogP contribution in [0.1, 0.15) is 38.5 Å². The van der Waals surface area contributed by atoms with Gasteiger partial charge in [0.15, 0.2) is 0 Å². The molecular formula is C13H25ClN2O2S. The number of hydrogen-bond acceptors (Lipinski definition) is 4. The predicted molar refractivity (Wildman–Crippen MR) is 81.9 cm³/mol. The highest BCUT2D eigenvalue weighted by Crippen LogP contribution is 2.19. The monoisotopic (exact) mass is 308 g/mol. The number of hydrogen-bond donors (Lipinski definition) is 2. The first-order chi connectivity index (χ1) is 8.86. The molecule has 1 heterocycles. The van der Waals surface area contributed by atoms with Crippen molar-refractivity contribution in [2.24, 2.45) is 0 Å². The van der Waals surface area contributed by atoms with E-state index < -0.39 is 0 Å². The number of nitrogens with one attached hydrogen (secondary N) is 2. The smallest absolute Gasteiger partial charge is 0.238 e. The maximum Gasteiger partial charge on any atom is 0.238 e. The normalized spacial score (nSPS) is 24.5. The Labute approximate surface area is 126 Å². The van der Waals surface area contributed by atoms with Crippen molar-refractivity contribution in [1.82, 2.24) is 10.6 Å². The summed E-state index contributed by atoms with van der Waals surface area (Å²) in [7, 11) is 0. The number of thioether (sulfide) groups is 1. The van der Waals surface area contributed by atoms with E-state index in [4.69, 9.17) is 4.74 Å². The van der Waals surface area contributed by atoms with E-state index in [1.54, 1.807) is 11.8 Å². The van der Waals surface area contributed by atoms with E-state index in [1.165, 1.54) is 38.5 Å². The highest BCUT2D eigenvalue weighted by molar-refractivity contribution is 7.99. The number of amides is 1. The number of rotatable bonds is 5. The average molecular weight is 309 g/mol. The molecule has 1 saturated carbocycles. The molecule has 0 bridgehead atoms. The lowest BCUT2D eigenvalue weighted by molar-refractivity contribution is -0.122. The van der Waals surface area contributed by atoms with Gasteiger partial charge in [-0.25, -0.2) is 0 Å². The molecule has 1 aliphatic carbocycles. The molecule has 6 heteroatoms. The van der Waals surface area contributed by atoms with Crippen molar-refractivity contribution in [3.05, 3.63) is 0 Å². The third kappa shape index (κ3) is 6.34. The lowest BCUT2D eigenvalue weighted by Gasteiger charge is -2.16. The van der Waals surface area contributed by atoms with Gasteiger partial charge in [-0.05, 0) is 12.8 Å². The quantitative estimate of drug-likeness (QED) is 0.602. The Kier molecular flexibility index (Phi) is 8.86. The lowest BCUT2D eigenvalue weighted by atomic mass is 10.1. The van der Waals surface area contributed by atoms with E-state index in [2.05, 4.69) is 10.6 Å². The molecule has 2 fully saturated rings. The molecule has 0 aromatic rings. The summed E-state index contributed by atoms with van der Waals surface area (Å²) in [5, 5.41) is 6.11. The van der Waals surface area contributed by atoms with Crippen molar-refractivity contribution in [2.45, 2.75) is 50.7 Å². The van der Waals surface area contributed by atoms with Crippen LogP contribution in [0.15, 0.2) is 0 Å². The largest absolute Gasteiger partial charge is 0.376 e. The van der Waals surface area contributed by atoms with E-state index in [0.29, 0.717) is 19.3 Å². The van der Waals surface area contributed by atoms with Crippen LogP contribution in [-0.4, -0.2) is 42.8 Å². The molecule has 1 amide bonds. The van der Waals surface area contributed by atoms with Gasteiger partial charge in [-0.15, -0.1) is 24.2 Å². The first kappa shape index (κ1) is 17.1. The van der Waals surface area contributed by atoms with Crippen LogP contribution in [0.2, 0.25) is 0 Å². The molecule has 0 radical (unpaired) electrons. The van der Waals surface area contributed by atoms with Gasteiger partial charge in [-0.1, -0.05) is 25.7 Å². The maximum atomic E-state index is 11.7. The summed E-state index contributed by atoms with van der Waals surface area (Å²) in [4.78, 5) is 11.7. The first-order valence-corrected chi connectivity index (χ1v) is 8.22. The first-order valence-electron chi connectivity index (χ1n) is 7.07. The number of carbonyl (C=O) groups is 1. The minimum Gasteiger partial charge on any atom is -0.376 e. The summed E-state index contributed by atoms with van der Waals surface area (Å²) in [6, 6.07) is -0.00659. The molecule has 1 aliphatic heterocycles. The van der Waals surface area contributed by atoms with E-state index in [-0.39, 0.29) is 24.4 Å². The third-order valence-corrected chi connectivity index (χ3v) is 4.53. The number of ether oxygens (including phenoxy) is 1. The molecule has 0 aromatic carbocycles. The van der Waals surface area contributed by atoms with Gasteiger partial charge in [0.2, 0.25) is 5.91 Å². The number of halogens is 1. The van der Waals surface area contributed by atoms with Crippen molar-refractivity contribution in [2.75, 3.05) is 24.8 Å². The van der Waals surface area contributed by atoms with E-state index in [1.807, 2.05) is 0 Å². The topological polar surface area (TPSA) is 50.4 Å². The van der Waals surface area contributed by atoms with Crippen molar-refractivity contribution in [1.29, 1.82) is 0 Å². The average Bonchev–Trinajstić information content (AvgIpc) is 2.80. The van der Waals surface area contributed by atoms with Gasteiger partial charge in [0.1, 0.15) is 0 Å². The zero-order valence-electron chi connectivity index (χ0n) is 11.4. The molecule has 1 saturated heterocycles. The van der Waals surface area contributed by atoms with Crippen LogP contribution in [-0.2, 0) is 9.53 Å². The molecule has 19 heavy (non-hydrogen) atoms. The summed E-state index contributed by atoms with van der Waals surface area (Å²) >= 11 is 1.77. The fourth-order valence-corrected chi connectivity index (χ4v) is 3.44. The van der Waals surface area contributed by atoms with Gasteiger partial charge in [0, 0.05) is 18.2 Å². The minimum atomic E-state index is -0.00659. The van der Waals surface area contributed by atoms with E-state index in [0.717, 1.165) is 11.6 Å². The molecule has 112 valence electrons. The second kappa shape index (κ2) is 9.86. The Balaban J connectivity index is 0.00000180. The molecule has 2 rings (SSSR count). The summed E-state index contributed by atoms with van der Waals surface area (Å²) in [6.07, 6.45) is 8.08. The second-order valence-electron chi connectivity index (χ2n) is 5.05. The zero-order chi connectivity index (χ0) is 12.6. The molecule has 4 nitrogen and oxygen atoms in total. The summed E-state index contributed by atoms with van der Waals surface area (Å²) in [5.74, 6) is 1.89. The van der Waals surface area contributed by atoms with Gasteiger partial charge in [-0.3, -0.25) is 10.1 Å². The van der Waals surface area contributed by atoms with Gasteiger partial charge in [0.05, 0.1) is 18.8 Å².